The summed E-state index contributed by atoms with van der Waals surface area (Å²) >= 11 is 0. The Hall–Kier alpha value is -1.63. The fourth-order valence-corrected chi connectivity index (χ4v) is 2.25. The van der Waals surface area contributed by atoms with Gasteiger partial charge in [-0.25, -0.2) is 0 Å². The molecule has 0 aromatic rings. The molecule has 7 nitrogen and oxygen atoms in total. The predicted octanol–water partition coefficient (Wildman–Crippen LogP) is -1.66. The zero-order chi connectivity index (χ0) is 14.6. The highest BCUT2D eigenvalue weighted by Gasteiger charge is 2.30. The fourth-order valence-electron chi connectivity index (χ4n) is 2.25. The minimum absolute atomic E-state index is 0.0392. The Balaban J connectivity index is 2.82. The zero-order valence-electron chi connectivity index (χ0n) is 11.8. The highest BCUT2D eigenvalue weighted by Crippen LogP contribution is 2.12. The van der Waals surface area contributed by atoms with Gasteiger partial charge in [-0.2, -0.15) is 0 Å². The molecule has 1 aliphatic heterocycles. The number of nitrogens with zero attached hydrogens (tertiary/aromatic N) is 3. The van der Waals surface area contributed by atoms with E-state index in [4.69, 9.17) is 5.73 Å². The Labute approximate surface area is 113 Å². The van der Waals surface area contributed by atoms with Gasteiger partial charge in [-0.3, -0.25) is 19.3 Å². The van der Waals surface area contributed by atoms with E-state index in [1.165, 1.54) is 11.8 Å². The van der Waals surface area contributed by atoms with E-state index >= 15 is 0 Å². The van der Waals surface area contributed by atoms with Crippen molar-refractivity contribution in [2.24, 2.45) is 11.7 Å². The maximum atomic E-state index is 12.1. The summed E-state index contributed by atoms with van der Waals surface area (Å²) < 4.78 is 0. The lowest BCUT2D eigenvalue weighted by Gasteiger charge is -2.25. The first-order valence-electron chi connectivity index (χ1n) is 6.28. The number of carbonyl (C=O) groups is 3. The Bertz CT molecular complexity index is 370. The normalized spacial score (nSPS) is 20.8. The SMILES string of the molecule is CC(=O)N1CCN(CC(N)=O)C[C@@H](C(=O)N(C)C)C1. The van der Waals surface area contributed by atoms with Crippen molar-refractivity contribution in [1.82, 2.24) is 14.7 Å². The molecule has 0 radical (unpaired) electrons. The van der Waals surface area contributed by atoms with Crippen molar-refractivity contribution in [1.29, 1.82) is 0 Å². The predicted molar refractivity (Wildman–Crippen MR) is 70.1 cm³/mol. The summed E-state index contributed by atoms with van der Waals surface area (Å²) in [7, 11) is 3.37. The van der Waals surface area contributed by atoms with Gasteiger partial charge in [0.2, 0.25) is 17.7 Å². The summed E-state index contributed by atoms with van der Waals surface area (Å²) in [6.45, 7) is 3.51. The standard InChI is InChI=1S/C12H22N4O3/c1-9(17)16-5-4-15(8-11(13)18)6-10(7-16)12(19)14(2)3/h10H,4-8H2,1-3H3,(H2,13,18)/t10-/m1/s1. The number of nitrogens with two attached hydrogens (primary N) is 1. The van der Waals surface area contributed by atoms with Crippen LogP contribution in [0.25, 0.3) is 0 Å². The lowest BCUT2D eigenvalue weighted by atomic mass is 10.1. The van der Waals surface area contributed by atoms with E-state index < -0.39 is 5.91 Å². The summed E-state index contributed by atoms with van der Waals surface area (Å²) in [6, 6.07) is 0. The number of hydrogen-bond acceptors (Lipinski definition) is 4. The Kier molecular flexibility index (Phi) is 5.29. The van der Waals surface area contributed by atoms with E-state index in [2.05, 4.69) is 0 Å². The van der Waals surface area contributed by atoms with Gasteiger partial charge in [-0.05, 0) is 0 Å². The van der Waals surface area contributed by atoms with Crippen LogP contribution in [0.2, 0.25) is 0 Å². The van der Waals surface area contributed by atoms with E-state index in [0.29, 0.717) is 26.2 Å². The Morgan fingerprint density at radius 3 is 2.32 bits per heavy atom. The molecule has 1 atom stereocenters. The van der Waals surface area contributed by atoms with Crippen molar-refractivity contribution in [3.63, 3.8) is 0 Å². The van der Waals surface area contributed by atoms with Crippen molar-refractivity contribution < 1.29 is 14.4 Å². The van der Waals surface area contributed by atoms with E-state index in [0.717, 1.165) is 0 Å². The Morgan fingerprint density at radius 1 is 1.21 bits per heavy atom. The van der Waals surface area contributed by atoms with Crippen LogP contribution >= 0.6 is 0 Å². The van der Waals surface area contributed by atoms with Crippen molar-refractivity contribution in [2.45, 2.75) is 6.92 Å². The average molecular weight is 270 g/mol. The summed E-state index contributed by atoms with van der Waals surface area (Å²) in [5.41, 5.74) is 5.19. The molecule has 0 aromatic heterocycles. The number of carbonyl (C=O) groups excluding carboxylic acids is 3. The number of rotatable bonds is 3. The maximum absolute atomic E-state index is 12.1. The third kappa shape index (κ3) is 4.51. The van der Waals surface area contributed by atoms with Gasteiger partial charge in [0, 0.05) is 47.2 Å². The van der Waals surface area contributed by atoms with E-state index in [1.807, 2.05) is 4.90 Å². The van der Waals surface area contributed by atoms with Crippen LogP contribution in [0.3, 0.4) is 0 Å². The minimum Gasteiger partial charge on any atom is -0.369 e. The van der Waals surface area contributed by atoms with Crippen molar-refractivity contribution in [3.05, 3.63) is 0 Å². The summed E-state index contributed by atoms with van der Waals surface area (Å²) in [5, 5.41) is 0. The van der Waals surface area contributed by atoms with Gasteiger partial charge in [0.15, 0.2) is 0 Å². The van der Waals surface area contributed by atoms with E-state index in [-0.39, 0.29) is 24.3 Å². The van der Waals surface area contributed by atoms with Gasteiger partial charge >= 0.3 is 0 Å². The molecule has 0 saturated carbocycles. The molecule has 19 heavy (non-hydrogen) atoms. The van der Waals surface area contributed by atoms with Crippen molar-refractivity contribution in [2.75, 3.05) is 46.8 Å². The summed E-state index contributed by atoms with van der Waals surface area (Å²) in [6.07, 6.45) is 0. The molecule has 7 heteroatoms. The van der Waals surface area contributed by atoms with Gasteiger partial charge in [0.25, 0.3) is 0 Å². The molecule has 108 valence electrons. The molecule has 1 rings (SSSR count). The first-order chi connectivity index (χ1) is 8.81. The van der Waals surface area contributed by atoms with Crippen LogP contribution in [-0.2, 0) is 14.4 Å². The molecule has 1 heterocycles. The smallest absolute Gasteiger partial charge is 0.231 e. The quantitative estimate of drug-likeness (QED) is 0.665. The second-order valence-electron chi connectivity index (χ2n) is 5.10. The molecular weight excluding hydrogens is 248 g/mol. The molecule has 0 unspecified atom stereocenters. The molecule has 3 amide bonds. The van der Waals surface area contributed by atoms with Crippen LogP contribution in [0, 0.1) is 5.92 Å². The van der Waals surface area contributed by atoms with Crippen LogP contribution in [-0.4, -0.2) is 79.2 Å². The average Bonchev–Trinajstić information content (AvgIpc) is 2.49. The largest absolute Gasteiger partial charge is 0.369 e. The first-order valence-corrected chi connectivity index (χ1v) is 6.28. The second-order valence-corrected chi connectivity index (χ2v) is 5.10. The van der Waals surface area contributed by atoms with Gasteiger partial charge in [0.05, 0.1) is 12.5 Å². The van der Waals surface area contributed by atoms with Crippen LogP contribution in [0.5, 0.6) is 0 Å². The molecule has 0 aliphatic carbocycles. The molecule has 1 aliphatic rings. The minimum atomic E-state index is -0.424. The lowest BCUT2D eigenvalue weighted by molar-refractivity contribution is -0.136. The summed E-state index contributed by atoms with van der Waals surface area (Å²) in [5.74, 6) is -0.840. The van der Waals surface area contributed by atoms with Crippen LogP contribution in [0.1, 0.15) is 6.92 Å². The maximum Gasteiger partial charge on any atom is 0.231 e. The molecule has 0 bridgehead atoms. The molecule has 0 spiro atoms. The van der Waals surface area contributed by atoms with E-state index in [1.54, 1.807) is 19.0 Å². The first kappa shape index (κ1) is 15.4. The van der Waals surface area contributed by atoms with Gasteiger partial charge in [0.1, 0.15) is 0 Å². The van der Waals surface area contributed by atoms with Crippen LogP contribution < -0.4 is 5.73 Å². The molecule has 1 saturated heterocycles. The molecule has 1 fully saturated rings. The van der Waals surface area contributed by atoms with Crippen molar-refractivity contribution >= 4 is 17.7 Å². The summed E-state index contributed by atoms with van der Waals surface area (Å²) in [4.78, 5) is 39.6. The molecule has 2 N–H and O–H groups in total. The van der Waals surface area contributed by atoms with Gasteiger partial charge in [-0.15, -0.1) is 0 Å². The highest BCUT2D eigenvalue weighted by atomic mass is 16.2. The number of hydrogen-bond donors (Lipinski definition) is 1. The zero-order valence-corrected chi connectivity index (χ0v) is 11.8. The Morgan fingerprint density at radius 2 is 1.84 bits per heavy atom. The third-order valence-electron chi connectivity index (χ3n) is 3.22. The fraction of sp³-hybridized carbons (Fsp3) is 0.750. The highest BCUT2D eigenvalue weighted by molar-refractivity contribution is 5.80. The van der Waals surface area contributed by atoms with Gasteiger partial charge in [-0.1, -0.05) is 0 Å². The van der Waals surface area contributed by atoms with E-state index in [9.17, 15) is 14.4 Å². The van der Waals surface area contributed by atoms with Crippen LogP contribution in [0.4, 0.5) is 0 Å². The van der Waals surface area contributed by atoms with Gasteiger partial charge < -0.3 is 15.5 Å². The third-order valence-corrected chi connectivity index (χ3v) is 3.22. The van der Waals surface area contributed by atoms with Crippen molar-refractivity contribution in [3.8, 4) is 0 Å². The number of amides is 3. The topological polar surface area (TPSA) is 87.0 Å². The number of primary amides is 1. The van der Waals surface area contributed by atoms with Crippen LogP contribution in [0.15, 0.2) is 0 Å². The monoisotopic (exact) mass is 270 g/mol. The lowest BCUT2D eigenvalue weighted by Crippen LogP contribution is -2.42. The molecular formula is C12H22N4O3. The second kappa shape index (κ2) is 6.51. The molecule has 0 aromatic carbocycles.